The minimum atomic E-state index is -0.919. The van der Waals surface area contributed by atoms with Crippen molar-refractivity contribution >= 4 is 23.7 Å². The number of hydrogen-bond donors (Lipinski definition) is 1. The van der Waals surface area contributed by atoms with E-state index in [0.29, 0.717) is 17.7 Å². The summed E-state index contributed by atoms with van der Waals surface area (Å²) in [6.45, 7) is 1.86. The highest BCUT2D eigenvalue weighted by molar-refractivity contribution is 6.22. The third kappa shape index (κ3) is 3.59. The zero-order valence-corrected chi connectivity index (χ0v) is 15.6. The van der Waals surface area contributed by atoms with Crippen molar-refractivity contribution in [3.8, 4) is 0 Å². The Hall–Kier alpha value is -2.70. The van der Waals surface area contributed by atoms with E-state index in [0.717, 1.165) is 30.6 Å². The van der Waals surface area contributed by atoms with Crippen LogP contribution < -0.4 is 5.32 Å². The number of carbonyl (C=O) groups excluding carboxylic acids is 4. The second-order valence-electron chi connectivity index (χ2n) is 7.12. The smallest absolute Gasteiger partial charge is 0.309 e. The molecule has 7 nitrogen and oxygen atoms in total. The summed E-state index contributed by atoms with van der Waals surface area (Å²) < 4.78 is 4.87. The molecule has 1 N–H and O–H groups in total. The first-order valence-corrected chi connectivity index (χ1v) is 9.28. The minimum absolute atomic E-state index is 0.00419. The van der Waals surface area contributed by atoms with Gasteiger partial charge in [-0.2, -0.15) is 0 Å². The van der Waals surface area contributed by atoms with Crippen LogP contribution in [-0.4, -0.2) is 48.3 Å². The van der Waals surface area contributed by atoms with Crippen LogP contribution >= 0.6 is 0 Å². The van der Waals surface area contributed by atoms with Crippen LogP contribution in [0.3, 0.4) is 0 Å². The van der Waals surface area contributed by atoms with Gasteiger partial charge in [-0.05, 0) is 37.8 Å². The summed E-state index contributed by atoms with van der Waals surface area (Å²) in [5, 5.41) is 2.81. The lowest BCUT2D eigenvalue weighted by molar-refractivity contribution is -0.148. The molecule has 7 heteroatoms. The van der Waals surface area contributed by atoms with Crippen LogP contribution in [0.2, 0.25) is 0 Å². The maximum absolute atomic E-state index is 12.6. The van der Waals surface area contributed by atoms with Gasteiger partial charge in [0.2, 0.25) is 5.91 Å². The second kappa shape index (κ2) is 7.90. The fraction of sp³-hybridized carbons (Fsp3) is 0.500. The van der Waals surface area contributed by atoms with Gasteiger partial charge in [0.05, 0.1) is 24.2 Å². The quantitative estimate of drug-likeness (QED) is 0.628. The monoisotopic (exact) mass is 372 g/mol. The normalized spacial score (nSPS) is 23.0. The molecular weight excluding hydrogens is 348 g/mol. The van der Waals surface area contributed by atoms with Gasteiger partial charge in [0, 0.05) is 6.54 Å². The van der Waals surface area contributed by atoms with Gasteiger partial charge < -0.3 is 10.1 Å². The highest BCUT2D eigenvalue weighted by Crippen LogP contribution is 2.30. The average molecular weight is 372 g/mol. The van der Waals surface area contributed by atoms with Crippen LogP contribution in [0.25, 0.3) is 0 Å². The zero-order valence-electron chi connectivity index (χ0n) is 15.6. The SMILES string of the molecule is COC(=O)C1CCCCC1CNC(=O)C(C)N1C(=O)c2ccccc2C1=O. The number of methoxy groups -OCH3 is 1. The summed E-state index contributed by atoms with van der Waals surface area (Å²) in [5.74, 6) is -1.78. The molecule has 1 heterocycles. The Morgan fingerprint density at radius 1 is 1.15 bits per heavy atom. The number of esters is 1. The van der Waals surface area contributed by atoms with Crippen LogP contribution in [0.1, 0.15) is 53.3 Å². The molecule has 3 unspecified atom stereocenters. The molecule has 3 amide bonds. The first-order valence-electron chi connectivity index (χ1n) is 9.28. The molecule has 1 aliphatic carbocycles. The third-order valence-corrected chi connectivity index (χ3v) is 5.54. The van der Waals surface area contributed by atoms with Gasteiger partial charge in [0.15, 0.2) is 0 Å². The van der Waals surface area contributed by atoms with E-state index in [1.54, 1.807) is 24.3 Å². The van der Waals surface area contributed by atoms with E-state index in [9.17, 15) is 19.2 Å². The molecule has 1 fully saturated rings. The number of carbonyl (C=O) groups is 4. The number of nitrogens with one attached hydrogen (secondary N) is 1. The molecule has 27 heavy (non-hydrogen) atoms. The van der Waals surface area contributed by atoms with Gasteiger partial charge in [0.25, 0.3) is 11.8 Å². The molecule has 1 aromatic rings. The average Bonchev–Trinajstić information content (AvgIpc) is 2.96. The maximum Gasteiger partial charge on any atom is 0.309 e. The van der Waals surface area contributed by atoms with Crippen LogP contribution in [0.15, 0.2) is 24.3 Å². The highest BCUT2D eigenvalue weighted by atomic mass is 16.5. The summed E-state index contributed by atoms with van der Waals surface area (Å²) in [6, 6.07) is 5.63. The van der Waals surface area contributed by atoms with Crippen molar-refractivity contribution < 1.29 is 23.9 Å². The third-order valence-electron chi connectivity index (χ3n) is 5.54. The molecule has 1 aromatic carbocycles. The molecule has 0 radical (unpaired) electrons. The van der Waals surface area contributed by atoms with Gasteiger partial charge in [0.1, 0.15) is 6.04 Å². The Morgan fingerprint density at radius 3 is 2.33 bits per heavy atom. The Morgan fingerprint density at radius 2 is 1.74 bits per heavy atom. The van der Waals surface area contributed by atoms with Gasteiger partial charge >= 0.3 is 5.97 Å². The number of benzene rings is 1. The van der Waals surface area contributed by atoms with Gasteiger partial charge in [-0.15, -0.1) is 0 Å². The molecule has 3 rings (SSSR count). The molecule has 1 saturated carbocycles. The predicted octanol–water partition coefficient (Wildman–Crippen LogP) is 1.77. The summed E-state index contributed by atoms with van der Waals surface area (Å²) in [6.07, 6.45) is 3.56. The molecular formula is C20H24N2O5. The number of nitrogens with zero attached hydrogens (tertiary/aromatic N) is 1. The number of ether oxygens (including phenoxy) is 1. The number of fused-ring (bicyclic) bond motifs is 1. The molecule has 144 valence electrons. The van der Waals surface area contributed by atoms with Crippen LogP contribution in [-0.2, 0) is 14.3 Å². The fourth-order valence-electron chi connectivity index (χ4n) is 3.97. The van der Waals surface area contributed by atoms with Crippen molar-refractivity contribution in [1.82, 2.24) is 10.2 Å². The van der Waals surface area contributed by atoms with Crippen molar-refractivity contribution in [2.45, 2.75) is 38.6 Å². The molecule has 0 saturated heterocycles. The topological polar surface area (TPSA) is 92.8 Å². The first-order chi connectivity index (χ1) is 13.0. The second-order valence-corrected chi connectivity index (χ2v) is 7.12. The van der Waals surface area contributed by atoms with E-state index in [4.69, 9.17) is 4.74 Å². The molecule has 3 atom stereocenters. The first kappa shape index (κ1) is 19.1. The molecule has 0 bridgehead atoms. The lowest BCUT2D eigenvalue weighted by Gasteiger charge is -2.30. The molecule has 0 aromatic heterocycles. The van der Waals surface area contributed by atoms with E-state index in [1.807, 2.05) is 0 Å². The number of imide groups is 1. The van der Waals surface area contributed by atoms with Crippen molar-refractivity contribution in [2.24, 2.45) is 11.8 Å². The van der Waals surface area contributed by atoms with Gasteiger partial charge in [-0.3, -0.25) is 24.1 Å². The van der Waals surface area contributed by atoms with Crippen molar-refractivity contribution in [3.63, 3.8) is 0 Å². The summed E-state index contributed by atoms with van der Waals surface area (Å²) in [7, 11) is 1.37. The number of hydrogen-bond acceptors (Lipinski definition) is 5. The van der Waals surface area contributed by atoms with Crippen molar-refractivity contribution in [3.05, 3.63) is 35.4 Å². The van der Waals surface area contributed by atoms with Gasteiger partial charge in [-0.25, -0.2) is 0 Å². The predicted molar refractivity (Wildman–Crippen MR) is 96.9 cm³/mol. The Bertz CT molecular complexity index is 740. The van der Waals surface area contributed by atoms with Crippen molar-refractivity contribution in [1.29, 1.82) is 0 Å². The number of amides is 3. The van der Waals surface area contributed by atoms with Gasteiger partial charge in [-0.1, -0.05) is 25.0 Å². The Kier molecular flexibility index (Phi) is 5.58. The fourth-order valence-corrected chi connectivity index (χ4v) is 3.97. The van der Waals surface area contributed by atoms with Crippen LogP contribution in [0, 0.1) is 11.8 Å². The molecule has 0 spiro atoms. The van der Waals surface area contributed by atoms with E-state index < -0.39 is 23.8 Å². The number of rotatable bonds is 5. The summed E-state index contributed by atoms with van der Waals surface area (Å²) in [5.41, 5.74) is 0.639. The highest BCUT2D eigenvalue weighted by Gasteiger charge is 2.41. The van der Waals surface area contributed by atoms with E-state index in [2.05, 4.69) is 5.32 Å². The standard InChI is InChI=1S/C20H24N2O5/c1-12(22-18(24)15-9-5-6-10-16(15)19(22)25)17(23)21-11-13-7-3-4-8-14(13)20(26)27-2/h5-6,9-10,12-14H,3-4,7-8,11H2,1-2H3,(H,21,23). The lowest BCUT2D eigenvalue weighted by Crippen LogP contribution is -2.49. The summed E-state index contributed by atoms with van der Waals surface area (Å²) >= 11 is 0. The lowest BCUT2D eigenvalue weighted by atomic mass is 9.79. The minimum Gasteiger partial charge on any atom is -0.469 e. The largest absolute Gasteiger partial charge is 0.469 e. The molecule has 2 aliphatic rings. The Balaban J connectivity index is 1.64. The zero-order chi connectivity index (χ0) is 19.6. The van der Waals surface area contributed by atoms with Crippen molar-refractivity contribution in [2.75, 3.05) is 13.7 Å². The molecule has 1 aliphatic heterocycles. The maximum atomic E-state index is 12.6. The van der Waals surface area contributed by atoms with E-state index >= 15 is 0 Å². The van der Waals surface area contributed by atoms with Crippen LogP contribution in [0.5, 0.6) is 0 Å². The summed E-state index contributed by atoms with van der Waals surface area (Å²) in [4.78, 5) is 50.5. The Labute approximate surface area is 158 Å². The van der Waals surface area contributed by atoms with E-state index in [1.165, 1.54) is 14.0 Å². The van der Waals surface area contributed by atoms with E-state index in [-0.39, 0.29) is 17.8 Å². The van der Waals surface area contributed by atoms with Crippen LogP contribution in [0.4, 0.5) is 0 Å².